The summed E-state index contributed by atoms with van der Waals surface area (Å²) in [4.78, 5) is 50.6. The molecule has 0 saturated carbocycles. The number of aliphatic carboxylic acids is 1. The molecular weight excluding hydrogens is 450 g/mol. The lowest BCUT2D eigenvalue weighted by molar-refractivity contribution is -0.137. The van der Waals surface area contributed by atoms with E-state index in [9.17, 15) is 19.2 Å². The smallest absolute Gasteiger partial charge is 0.407 e. The molecule has 0 spiro atoms. The number of benzene rings is 2. The predicted molar refractivity (Wildman–Crippen MR) is 128 cm³/mol. The summed E-state index contributed by atoms with van der Waals surface area (Å²) < 4.78 is 5.48. The van der Waals surface area contributed by atoms with E-state index >= 15 is 0 Å². The van der Waals surface area contributed by atoms with Crippen molar-refractivity contribution in [3.05, 3.63) is 93.9 Å². The quantitative estimate of drug-likeness (QED) is 0.376. The second kappa shape index (κ2) is 10.7. The molecule has 0 fully saturated rings. The highest BCUT2D eigenvalue weighted by molar-refractivity contribution is 5.86. The summed E-state index contributed by atoms with van der Waals surface area (Å²) in [6, 6.07) is 17.9. The number of carboxylic acids is 1. The van der Waals surface area contributed by atoms with Crippen LogP contribution in [0.1, 0.15) is 35.4 Å². The Morgan fingerprint density at radius 1 is 0.971 bits per heavy atom. The van der Waals surface area contributed by atoms with Gasteiger partial charge in [0.2, 0.25) is 5.91 Å². The number of amides is 2. The van der Waals surface area contributed by atoms with Gasteiger partial charge in [0.25, 0.3) is 5.56 Å². The van der Waals surface area contributed by atoms with Gasteiger partial charge in [-0.15, -0.1) is 0 Å². The number of carbonyl (C=O) groups is 3. The summed E-state index contributed by atoms with van der Waals surface area (Å²) in [6.07, 6.45) is 0.196. The molecule has 1 atom stereocenters. The number of ether oxygens (including phenoxy) is 1. The van der Waals surface area contributed by atoms with E-state index in [0.717, 1.165) is 22.3 Å². The number of aromatic nitrogens is 1. The van der Waals surface area contributed by atoms with E-state index in [1.54, 1.807) is 12.1 Å². The van der Waals surface area contributed by atoms with Gasteiger partial charge in [-0.1, -0.05) is 54.6 Å². The molecule has 0 radical (unpaired) electrons. The zero-order valence-corrected chi connectivity index (χ0v) is 18.8. The molecule has 0 aliphatic heterocycles. The lowest BCUT2D eigenvalue weighted by Crippen LogP contribution is -2.47. The standard InChI is InChI=1S/C26H25N3O6/c30-23(31)12-11-22(25(33)28-14-16-6-5-13-27-24(16)32)29-26(34)35-15-21-19-9-3-1-7-17(19)18-8-2-4-10-20(18)21/h1-10,13,21-22H,11-12,14-15H2,(H,27,32)(H,28,33)(H,29,34)(H,30,31). The first-order valence-electron chi connectivity index (χ1n) is 11.2. The number of fused-ring (bicyclic) bond motifs is 3. The number of alkyl carbamates (subject to hydrolysis) is 1. The van der Waals surface area contributed by atoms with Crippen molar-refractivity contribution in [1.29, 1.82) is 0 Å². The molecule has 9 nitrogen and oxygen atoms in total. The topological polar surface area (TPSA) is 138 Å². The highest BCUT2D eigenvalue weighted by Crippen LogP contribution is 2.44. The van der Waals surface area contributed by atoms with Crippen molar-refractivity contribution in [2.24, 2.45) is 0 Å². The predicted octanol–water partition coefficient (Wildman–Crippen LogP) is 2.76. The minimum atomic E-state index is -1.13. The van der Waals surface area contributed by atoms with Gasteiger partial charge in [0.1, 0.15) is 12.6 Å². The van der Waals surface area contributed by atoms with E-state index in [0.29, 0.717) is 5.56 Å². The van der Waals surface area contributed by atoms with Crippen LogP contribution in [0.3, 0.4) is 0 Å². The van der Waals surface area contributed by atoms with E-state index in [-0.39, 0.29) is 37.5 Å². The zero-order chi connectivity index (χ0) is 24.8. The van der Waals surface area contributed by atoms with Gasteiger partial charge in [-0.05, 0) is 34.7 Å². The summed E-state index contributed by atoms with van der Waals surface area (Å²) in [6.45, 7) is -0.00251. The highest BCUT2D eigenvalue weighted by Gasteiger charge is 2.30. The number of hydrogen-bond acceptors (Lipinski definition) is 5. The van der Waals surface area contributed by atoms with Crippen LogP contribution in [-0.2, 0) is 20.9 Å². The summed E-state index contributed by atoms with van der Waals surface area (Å²) in [5.74, 6) is -1.86. The van der Waals surface area contributed by atoms with E-state index in [4.69, 9.17) is 9.84 Å². The van der Waals surface area contributed by atoms with E-state index < -0.39 is 24.0 Å². The van der Waals surface area contributed by atoms with E-state index in [2.05, 4.69) is 15.6 Å². The number of carbonyl (C=O) groups excluding carboxylic acids is 2. The average Bonchev–Trinajstić information content (AvgIpc) is 3.18. The Labute approximate surface area is 201 Å². The van der Waals surface area contributed by atoms with Crippen LogP contribution in [0.5, 0.6) is 0 Å². The summed E-state index contributed by atoms with van der Waals surface area (Å²) >= 11 is 0. The maximum absolute atomic E-state index is 12.7. The first-order valence-corrected chi connectivity index (χ1v) is 11.2. The number of carboxylic acid groups (broad SMARTS) is 1. The van der Waals surface area contributed by atoms with Gasteiger partial charge in [-0.25, -0.2) is 4.79 Å². The molecule has 1 unspecified atom stereocenters. The second-order valence-corrected chi connectivity index (χ2v) is 8.20. The Morgan fingerprint density at radius 3 is 2.26 bits per heavy atom. The maximum Gasteiger partial charge on any atom is 0.407 e. The normalized spacial score (nSPS) is 12.8. The van der Waals surface area contributed by atoms with Crippen molar-refractivity contribution in [2.75, 3.05) is 6.61 Å². The molecule has 1 aliphatic carbocycles. The van der Waals surface area contributed by atoms with Gasteiger partial charge in [-0.2, -0.15) is 0 Å². The van der Waals surface area contributed by atoms with Crippen LogP contribution in [0.15, 0.2) is 71.7 Å². The minimum absolute atomic E-state index is 0.0620. The number of pyridine rings is 1. The van der Waals surface area contributed by atoms with Crippen molar-refractivity contribution in [3.8, 4) is 11.1 Å². The van der Waals surface area contributed by atoms with Gasteiger partial charge in [0.15, 0.2) is 0 Å². The Bertz CT molecular complexity index is 1260. The Morgan fingerprint density at radius 2 is 1.63 bits per heavy atom. The van der Waals surface area contributed by atoms with Crippen LogP contribution in [0.2, 0.25) is 0 Å². The van der Waals surface area contributed by atoms with E-state index in [1.807, 2.05) is 48.5 Å². The third-order valence-electron chi connectivity index (χ3n) is 5.95. The van der Waals surface area contributed by atoms with Gasteiger partial charge >= 0.3 is 12.1 Å². The van der Waals surface area contributed by atoms with Gasteiger partial charge < -0.3 is 25.5 Å². The maximum atomic E-state index is 12.7. The van der Waals surface area contributed by atoms with Crippen LogP contribution in [0.4, 0.5) is 4.79 Å². The number of nitrogens with one attached hydrogen (secondary N) is 3. The third kappa shape index (κ3) is 5.57. The van der Waals surface area contributed by atoms with Crippen LogP contribution < -0.4 is 16.2 Å². The molecule has 3 aromatic rings. The summed E-state index contributed by atoms with van der Waals surface area (Å²) in [7, 11) is 0. The minimum Gasteiger partial charge on any atom is -0.481 e. The molecule has 0 saturated heterocycles. The molecular formula is C26H25N3O6. The lowest BCUT2D eigenvalue weighted by Gasteiger charge is -2.19. The molecule has 1 aliphatic rings. The molecule has 1 aromatic heterocycles. The average molecular weight is 476 g/mol. The molecule has 4 rings (SSSR count). The molecule has 2 amide bonds. The van der Waals surface area contributed by atoms with Crippen molar-refractivity contribution in [3.63, 3.8) is 0 Å². The monoisotopic (exact) mass is 475 g/mol. The van der Waals surface area contributed by atoms with Gasteiger partial charge in [0.05, 0.1) is 0 Å². The third-order valence-corrected chi connectivity index (χ3v) is 5.95. The summed E-state index contributed by atoms with van der Waals surface area (Å²) in [5, 5.41) is 14.1. The number of rotatable bonds is 9. The fraction of sp³-hybridized carbons (Fsp3) is 0.231. The number of hydrogen-bond donors (Lipinski definition) is 4. The largest absolute Gasteiger partial charge is 0.481 e. The van der Waals surface area contributed by atoms with Crippen LogP contribution in [0, 0.1) is 0 Å². The molecule has 1 heterocycles. The van der Waals surface area contributed by atoms with Crippen molar-refractivity contribution in [1.82, 2.24) is 15.6 Å². The van der Waals surface area contributed by atoms with Crippen LogP contribution in [0.25, 0.3) is 11.1 Å². The fourth-order valence-electron chi connectivity index (χ4n) is 4.22. The first kappa shape index (κ1) is 23.7. The second-order valence-electron chi connectivity index (χ2n) is 8.20. The summed E-state index contributed by atoms with van der Waals surface area (Å²) in [5.41, 5.74) is 4.27. The highest BCUT2D eigenvalue weighted by atomic mass is 16.5. The van der Waals surface area contributed by atoms with Crippen molar-refractivity contribution in [2.45, 2.75) is 31.3 Å². The van der Waals surface area contributed by atoms with Crippen LogP contribution in [-0.4, -0.2) is 40.7 Å². The van der Waals surface area contributed by atoms with Crippen LogP contribution >= 0.6 is 0 Å². The SMILES string of the molecule is O=C(O)CCC(NC(=O)OCC1c2ccccc2-c2ccccc21)C(=O)NCc1ccc[nH]c1=O. The Hall–Kier alpha value is -4.40. The molecule has 180 valence electrons. The number of H-pyrrole nitrogens is 1. The molecule has 2 aromatic carbocycles. The van der Waals surface area contributed by atoms with Crippen molar-refractivity contribution < 1.29 is 24.2 Å². The zero-order valence-electron chi connectivity index (χ0n) is 18.8. The first-order chi connectivity index (χ1) is 16.9. The number of aromatic amines is 1. The molecule has 35 heavy (non-hydrogen) atoms. The molecule has 9 heteroatoms. The fourth-order valence-corrected chi connectivity index (χ4v) is 4.22. The molecule has 4 N–H and O–H groups in total. The Kier molecular flexibility index (Phi) is 7.25. The molecule has 0 bridgehead atoms. The van der Waals surface area contributed by atoms with E-state index in [1.165, 1.54) is 6.20 Å². The lowest BCUT2D eigenvalue weighted by atomic mass is 9.98. The Balaban J connectivity index is 1.40. The van der Waals surface area contributed by atoms with Gasteiger partial charge in [-0.3, -0.25) is 14.4 Å². The van der Waals surface area contributed by atoms with Gasteiger partial charge in [0, 0.05) is 30.6 Å². The van der Waals surface area contributed by atoms with Crippen molar-refractivity contribution >= 4 is 18.0 Å².